The van der Waals surface area contributed by atoms with Crippen molar-refractivity contribution in [2.75, 3.05) is 80.9 Å². The fourth-order valence-corrected chi connectivity index (χ4v) is 4.98. The molecule has 0 spiro atoms. The average molecular weight is 548 g/mol. The maximum absolute atomic E-state index is 13.2. The summed E-state index contributed by atoms with van der Waals surface area (Å²) in [6, 6.07) is 12.3. The molecule has 0 aliphatic carbocycles. The van der Waals surface area contributed by atoms with Crippen molar-refractivity contribution in [2.24, 2.45) is 0 Å². The van der Waals surface area contributed by atoms with Gasteiger partial charge in [0, 0.05) is 45.3 Å². The molecule has 2 heterocycles. The summed E-state index contributed by atoms with van der Waals surface area (Å²) < 4.78 is 13.2. The molecular weight excluding hydrogens is 501 g/mol. The molecule has 2 fully saturated rings. The van der Waals surface area contributed by atoms with Crippen LogP contribution in [0.2, 0.25) is 0 Å². The lowest BCUT2D eigenvalue weighted by Gasteiger charge is -2.29. The van der Waals surface area contributed by atoms with Crippen molar-refractivity contribution in [1.29, 1.82) is 0 Å². The van der Waals surface area contributed by atoms with Gasteiger partial charge in [0.05, 0.1) is 17.9 Å². The standard InChI is InChI=1S/C22H29FN4O.C6H12ClN.C2H6/c1-24-20-9-10-21(25(2)13-14-26-11-3-4-12-26)22(15-20)27(17-28)16-18-5-7-19(23)8-6-18;7-3-6-8-4-1-2-5-8;1-2/h5-10,15,17,24H,3-4,11-14,16H2,1-2H3;1-6H2;1-2H3. The van der Waals surface area contributed by atoms with E-state index in [0.29, 0.717) is 6.54 Å². The van der Waals surface area contributed by atoms with Gasteiger partial charge < -0.3 is 24.9 Å². The van der Waals surface area contributed by atoms with E-state index in [9.17, 15) is 9.18 Å². The lowest BCUT2D eigenvalue weighted by Crippen LogP contribution is -2.32. The smallest absolute Gasteiger partial charge is 0.214 e. The van der Waals surface area contributed by atoms with E-state index < -0.39 is 0 Å². The maximum Gasteiger partial charge on any atom is 0.214 e. The molecule has 2 aromatic rings. The van der Waals surface area contributed by atoms with Crippen molar-refractivity contribution < 1.29 is 9.18 Å². The van der Waals surface area contributed by atoms with Gasteiger partial charge in [-0.2, -0.15) is 0 Å². The number of benzene rings is 2. The molecule has 0 aromatic heterocycles. The third-order valence-electron chi connectivity index (χ3n) is 6.93. The van der Waals surface area contributed by atoms with Crippen LogP contribution in [0.25, 0.3) is 0 Å². The molecule has 2 aliphatic rings. The van der Waals surface area contributed by atoms with E-state index in [4.69, 9.17) is 11.6 Å². The van der Waals surface area contributed by atoms with Crippen molar-refractivity contribution >= 4 is 35.1 Å². The SMILES string of the molecule is CC.CNc1ccc(N(C)CCN2CCCC2)c(N(C=O)Cc2ccc(F)cc2)c1.ClCCN1CCCC1. The lowest BCUT2D eigenvalue weighted by atomic mass is 10.1. The minimum atomic E-state index is -0.277. The van der Waals surface area contributed by atoms with Crippen LogP contribution in [0.15, 0.2) is 42.5 Å². The van der Waals surface area contributed by atoms with Gasteiger partial charge in [-0.05, 0) is 87.8 Å². The number of hydrogen-bond donors (Lipinski definition) is 1. The predicted molar refractivity (Wildman–Crippen MR) is 161 cm³/mol. The zero-order valence-corrected chi connectivity index (χ0v) is 24.5. The van der Waals surface area contributed by atoms with Gasteiger partial charge in [0.1, 0.15) is 5.82 Å². The topological polar surface area (TPSA) is 42.1 Å². The molecule has 212 valence electrons. The second kappa shape index (κ2) is 18.0. The summed E-state index contributed by atoms with van der Waals surface area (Å²) in [5, 5.41) is 3.14. The molecule has 4 rings (SSSR count). The molecule has 0 atom stereocenters. The first-order valence-electron chi connectivity index (χ1n) is 14.0. The van der Waals surface area contributed by atoms with Crippen LogP contribution in [0.1, 0.15) is 45.1 Å². The Labute approximate surface area is 234 Å². The summed E-state index contributed by atoms with van der Waals surface area (Å²) in [5.41, 5.74) is 3.68. The Kier molecular flexibility index (Phi) is 15.1. The van der Waals surface area contributed by atoms with Crippen molar-refractivity contribution in [3.05, 3.63) is 53.8 Å². The molecule has 1 N–H and O–H groups in total. The fraction of sp³-hybridized carbons (Fsp3) is 0.567. The van der Waals surface area contributed by atoms with E-state index in [2.05, 4.69) is 27.1 Å². The molecule has 1 amide bonds. The van der Waals surface area contributed by atoms with Crippen LogP contribution < -0.4 is 15.1 Å². The number of nitrogens with zero attached hydrogens (tertiary/aromatic N) is 4. The van der Waals surface area contributed by atoms with Gasteiger partial charge in [-0.1, -0.05) is 26.0 Å². The number of carbonyl (C=O) groups excluding carboxylic acids is 1. The Hall–Kier alpha value is -2.35. The van der Waals surface area contributed by atoms with Crippen LogP contribution in [0.5, 0.6) is 0 Å². The Morgan fingerprint density at radius 3 is 2.03 bits per heavy atom. The summed E-state index contributed by atoms with van der Waals surface area (Å²) in [7, 11) is 3.93. The van der Waals surface area contributed by atoms with Gasteiger partial charge in [0.15, 0.2) is 0 Å². The zero-order valence-electron chi connectivity index (χ0n) is 23.8. The highest BCUT2D eigenvalue weighted by atomic mass is 35.5. The highest BCUT2D eigenvalue weighted by Gasteiger charge is 2.17. The van der Waals surface area contributed by atoms with E-state index in [0.717, 1.165) is 54.5 Å². The van der Waals surface area contributed by atoms with E-state index >= 15 is 0 Å². The van der Waals surface area contributed by atoms with Gasteiger partial charge in [0.2, 0.25) is 6.41 Å². The molecule has 2 saturated heterocycles. The molecule has 2 aromatic carbocycles. The normalized spacial score (nSPS) is 15.2. The number of nitrogens with one attached hydrogen (secondary N) is 1. The molecule has 0 bridgehead atoms. The van der Waals surface area contributed by atoms with Gasteiger partial charge >= 0.3 is 0 Å². The van der Waals surface area contributed by atoms with E-state index in [-0.39, 0.29) is 5.82 Å². The van der Waals surface area contributed by atoms with Gasteiger partial charge in [0.25, 0.3) is 0 Å². The first-order valence-corrected chi connectivity index (χ1v) is 14.6. The number of halogens is 2. The molecule has 0 unspecified atom stereocenters. The van der Waals surface area contributed by atoms with Crippen molar-refractivity contribution in [3.63, 3.8) is 0 Å². The third kappa shape index (κ3) is 10.4. The molecule has 2 aliphatic heterocycles. The maximum atomic E-state index is 13.2. The van der Waals surface area contributed by atoms with Crippen LogP contribution >= 0.6 is 11.6 Å². The minimum Gasteiger partial charge on any atom is -0.388 e. The molecule has 6 nitrogen and oxygen atoms in total. The number of likely N-dealkylation sites (tertiary alicyclic amines) is 2. The first kappa shape index (κ1) is 31.9. The fourth-order valence-electron chi connectivity index (χ4n) is 4.74. The number of anilines is 3. The summed E-state index contributed by atoms with van der Waals surface area (Å²) in [6.45, 7) is 12.3. The summed E-state index contributed by atoms with van der Waals surface area (Å²) in [5.74, 6) is 0.515. The predicted octanol–water partition coefficient (Wildman–Crippen LogP) is 5.91. The van der Waals surface area contributed by atoms with E-state index in [1.165, 1.54) is 64.0 Å². The third-order valence-corrected chi connectivity index (χ3v) is 7.10. The van der Waals surface area contributed by atoms with Crippen LogP contribution in [0, 0.1) is 5.82 Å². The number of hydrogen-bond acceptors (Lipinski definition) is 5. The summed E-state index contributed by atoms with van der Waals surface area (Å²) >= 11 is 5.54. The highest BCUT2D eigenvalue weighted by molar-refractivity contribution is 6.18. The van der Waals surface area contributed by atoms with Crippen LogP contribution in [0.3, 0.4) is 0 Å². The summed E-state index contributed by atoms with van der Waals surface area (Å²) in [6.07, 6.45) is 6.15. The van der Waals surface area contributed by atoms with Crippen LogP contribution in [-0.2, 0) is 11.3 Å². The molecular formula is C30H47ClFN5O. The van der Waals surface area contributed by atoms with E-state index in [1.54, 1.807) is 17.0 Å². The van der Waals surface area contributed by atoms with Crippen LogP contribution in [0.4, 0.5) is 21.5 Å². The van der Waals surface area contributed by atoms with Crippen LogP contribution in [-0.4, -0.2) is 82.0 Å². The Morgan fingerprint density at radius 1 is 0.921 bits per heavy atom. The summed E-state index contributed by atoms with van der Waals surface area (Å²) in [4.78, 5) is 20.7. The number of likely N-dealkylation sites (N-methyl/N-ethyl adjacent to an activating group) is 1. The van der Waals surface area contributed by atoms with E-state index in [1.807, 2.05) is 39.1 Å². The Bertz CT molecular complexity index is 917. The van der Waals surface area contributed by atoms with Crippen molar-refractivity contribution in [2.45, 2.75) is 46.1 Å². The van der Waals surface area contributed by atoms with Crippen molar-refractivity contribution in [1.82, 2.24) is 9.80 Å². The second-order valence-electron chi connectivity index (χ2n) is 9.52. The van der Waals surface area contributed by atoms with Gasteiger partial charge in [-0.3, -0.25) is 4.79 Å². The number of amides is 1. The Balaban J connectivity index is 0.000000428. The Morgan fingerprint density at radius 2 is 1.50 bits per heavy atom. The highest BCUT2D eigenvalue weighted by Crippen LogP contribution is 2.32. The van der Waals surface area contributed by atoms with Gasteiger partial charge in [-0.25, -0.2) is 4.39 Å². The number of alkyl halides is 1. The van der Waals surface area contributed by atoms with Gasteiger partial charge in [-0.15, -0.1) is 11.6 Å². The zero-order chi connectivity index (χ0) is 27.8. The molecule has 0 saturated carbocycles. The second-order valence-corrected chi connectivity index (χ2v) is 9.90. The molecule has 38 heavy (non-hydrogen) atoms. The largest absolute Gasteiger partial charge is 0.388 e. The molecule has 0 radical (unpaired) electrons. The number of rotatable bonds is 11. The molecule has 8 heteroatoms. The minimum absolute atomic E-state index is 0.277. The monoisotopic (exact) mass is 547 g/mol. The quantitative estimate of drug-likeness (QED) is 0.280. The number of carbonyl (C=O) groups is 1. The lowest BCUT2D eigenvalue weighted by molar-refractivity contribution is -0.107. The van der Waals surface area contributed by atoms with Crippen molar-refractivity contribution in [3.8, 4) is 0 Å². The average Bonchev–Trinajstić information content (AvgIpc) is 3.68. The first-order chi connectivity index (χ1) is 18.5.